The molecule has 3 aliphatic rings. The van der Waals surface area contributed by atoms with Crippen LogP contribution in [-0.2, 0) is 20.4 Å². The summed E-state index contributed by atoms with van der Waals surface area (Å²) in [7, 11) is 0. The summed E-state index contributed by atoms with van der Waals surface area (Å²) in [6.45, 7) is 0. The summed E-state index contributed by atoms with van der Waals surface area (Å²) in [4.78, 5) is 0. The van der Waals surface area contributed by atoms with Gasteiger partial charge in [0, 0.05) is 0 Å². The molecule has 5 rings (SSSR count). The Kier molecular flexibility index (Phi) is 6.03. The van der Waals surface area contributed by atoms with E-state index in [1.165, 1.54) is 27.8 Å². The molecular formula is C24H21Cl2Ti. The first-order chi connectivity index (χ1) is 12.2. The molecule has 0 N–H and O–H groups in total. The zero-order valence-corrected chi connectivity index (χ0v) is 18.0. The first kappa shape index (κ1) is 20.4. The molecule has 0 spiro atoms. The standard InChI is InChI=1S/C24H19.2ClH.Ti/c1-3-7-21-17(5-1)13-15-23(21)19-9-11-20(12-10-19)24-16-14-18-6-2-4-8-22(18)24;;;/h1-11,13-16,23-24H,12H2;2*1H;. The van der Waals surface area contributed by atoms with E-state index in [1.54, 1.807) is 0 Å². The second-order valence-electron chi connectivity index (χ2n) is 7.21. The van der Waals surface area contributed by atoms with E-state index in [1.807, 2.05) is 0 Å². The molecule has 0 amide bonds. The molecule has 2 aromatic rings. The Hall–Kier alpha value is -1.31. The van der Waals surface area contributed by atoms with Gasteiger partial charge in [-0.15, -0.1) is 24.8 Å². The quantitative estimate of drug-likeness (QED) is 0.450. The van der Waals surface area contributed by atoms with Crippen LogP contribution in [0.2, 0.25) is 3.72 Å². The van der Waals surface area contributed by atoms with Gasteiger partial charge in [0.25, 0.3) is 0 Å². The van der Waals surface area contributed by atoms with Gasteiger partial charge in [0.15, 0.2) is 0 Å². The Bertz CT molecular complexity index is 970. The average Bonchev–Trinajstić information content (AvgIpc) is 3.27. The van der Waals surface area contributed by atoms with Gasteiger partial charge in [-0.2, -0.15) is 0 Å². The molecular weight excluding hydrogens is 407 g/mol. The summed E-state index contributed by atoms with van der Waals surface area (Å²) in [6, 6.07) is 17.6. The topological polar surface area (TPSA) is 0 Å². The van der Waals surface area contributed by atoms with E-state index in [-0.39, 0.29) is 28.5 Å². The van der Waals surface area contributed by atoms with Crippen molar-refractivity contribution < 1.29 is 20.4 Å². The maximum atomic E-state index is 2.46. The predicted molar refractivity (Wildman–Crippen MR) is 115 cm³/mol. The van der Waals surface area contributed by atoms with Crippen LogP contribution in [0.5, 0.6) is 0 Å². The average molecular weight is 428 g/mol. The predicted octanol–water partition coefficient (Wildman–Crippen LogP) is 7.04. The van der Waals surface area contributed by atoms with Gasteiger partial charge >= 0.3 is 161 Å². The third kappa shape index (κ3) is 3.45. The van der Waals surface area contributed by atoms with Gasteiger partial charge in [-0.25, -0.2) is 0 Å². The van der Waals surface area contributed by atoms with Crippen molar-refractivity contribution in [3.05, 3.63) is 107 Å². The van der Waals surface area contributed by atoms with Gasteiger partial charge in [0.2, 0.25) is 0 Å². The third-order valence-electron chi connectivity index (χ3n) is 5.76. The molecule has 135 valence electrons. The van der Waals surface area contributed by atoms with Gasteiger partial charge in [0.05, 0.1) is 0 Å². The van der Waals surface area contributed by atoms with Crippen molar-refractivity contribution in [2.24, 2.45) is 0 Å². The Balaban J connectivity index is 0.00000105. The molecule has 0 aliphatic heterocycles. The van der Waals surface area contributed by atoms with Crippen LogP contribution in [-0.4, -0.2) is 0 Å². The summed E-state index contributed by atoms with van der Waals surface area (Å²) in [5.41, 5.74) is 7.09. The van der Waals surface area contributed by atoms with E-state index in [0.29, 0.717) is 11.8 Å². The number of hydrogen-bond donors (Lipinski definition) is 0. The van der Waals surface area contributed by atoms with Crippen molar-refractivity contribution in [1.82, 2.24) is 0 Å². The summed E-state index contributed by atoms with van der Waals surface area (Å²) in [6.07, 6.45) is 17.7. The number of hydrogen-bond acceptors (Lipinski definition) is 0. The van der Waals surface area contributed by atoms with Crippen LogP contribution in [0.15, 0.2) is 84.5 Å². The van der Waals surface area contributed by atoms with E-state index in [9.17, 15) is 0 Å². The van der Waals surface area contributed by atoms with Crippen molar-refractivity contribution in [2.75, 3.05) is 0 Å². The Morgan fingerprint density at radius 3 is 2.11 bits per heavy atom. The molecule has 0 aromatic heterocycles. The SMILES string of the molecule is Cl.Cl.[Ti][C]1(C2C=Cc3ccccc32)C=CC(C2C=Cc3ccccc32)=CC1. The molecule has 3 aliphatic carbocycles. The molecule has 0 nitrogen and oxygen atoms in total. The minimum atomic E-state index is 0. The number of benzene rings is 2. The van der Waals surface area contributed by atoms with Gasteiger partial charge < -0.3 is 0 Å². The summed E-state index contributed by atoms with van der Waals surface area (Å²) in [5, 5.41) is 0. The molecule has 3 heteroatoms. The molecule has 2 aromatic carbocycles. The summed E-state index contributed by atoms with van der Waals surface area (Å²) >= 11 is 2.40. The summed E-state index contributed by atoms with van der Waals surface area (Å²) in [5.74, 6) is 0.896. The van der Waals surface area contributed by atoms with E-state index in [0.717, 1.165) is 6.42 Å². The van der Waals surface area contributed by atoms with E-state index < -0.39 is 0 Å². The van der Waals surface area contributed by atoms with E-state index in [4.69, 9.17) is 0 Å². The second kappa shape index (κ2) is 7.97. The number of allylic oxidation sites excluding steroid dienone is 6. The van der Waals surface area contributed by atoms with Gasteiger partial charge in [0.1, 0.15) is 0 Å². The molecule has 0 radical (unpaired) electrons. The zero-order valence-electron chi connectivity index (χ0n) is 14.8. The van der Waals surface area contributed by atoms with Crippen LogP contribution in [0.1, 0.15) is 40.5 Å². The molecule has 3 unspecified atom stereocenters. The maximum absolute atomic E-state index is 2.46. The van der Waals surface area contributed by atoms with Gasteiger partial charge in [-0.3, -0.25) is 0 Å². The van der Waals surface area contributed by atoms with E-state index in [2.05, 4.69) is 111 Å². The normalized spacial score (nSPS) is 26.6. The first-order valence-electron chi connectivity index (χ1n) is 8.93. The second-order valence-corrected chi connectivity index (χ2v) is 8.67. The van der Waals surface area contributed by atoms with Crippen LogP contribution in [0.3, 0.4) is 0 Å². The Morgan fingerprint density at radius 1 is 0.778 bits per heavy atom. The van der Waals surface area contributed by atoms with Gasteiger partial charge in [-0.05, 0) is 0 Å². The molecule has 0 saturated heterocycles. The fourth-order valence-electron chi connectivity index (χ4n) is 4.37. The first-order valence-corrected chi connectivity index (χ1v) is 9.71. The minimum absolute atomic E-state index is 0. The molecule has 0 heterocycles. The molecule has 0 bridgehead atoms. The van der Waals surface area contributed by atoms with Crippen molar-refractivity contribution in [3.8, 4) is 0 Å². The number of fused-ring (bicyclic) bond motifs is 2. The molecule has 27 heavy (non-hydrogen) atoms. The molecule has 3 atom stereocenters. The van der Waals surface area contributed by atoms with Crippen molar-refractivity contribution in [1.29, 1.82) is 0 Å². The monoisotopic (exact) mass is 427 g/mol. The molecule has 0 saturated carbocycles. The van der Waals surface area contributed by atoms with Crippen molar-refractivity contribution in [3.63, 3.8) is 0 Å². The van der Waals surface area contributed by atoms with Crippen molar-refractivity contribution >= 4 is 37.0 Å². The van der Waals surface area contributed by atoms with Gasteiger partial charge in [-0.1, -0.05) is 0 Å². The van der Waals surface area contributed by atoms with Crippen LogP contribution in [0, 0.1) is 0 Å². The Labute approximate surface area is 185 Å². The number of rotatable bonds is 2. The van der Waals surface area contributed by atoms with Crippen LogP contribution in [0.25, 0.3) is 12.2 Å². The summed E-state index contributed by atoms with van der Waals surface area (Å²) < 4.78 is 0.161. The fourth-order valence-corrected chi connectivity index (χ4v) is 5.05. The fraction of sp³-hybridized carbons (Fsp3) is 0.167. The van der Waals surface area contributed by atoms with Crippen LogP contribution >= 0.6 is 24.8 Å². The zero-order chi connectivity index (χ0) is 16.9. The van der Waals surface area contributed by atoms with Crippen LogP contribution in [0.4, 0.5) is 0 Å². The van der Waals surface area contributed by atoms with Crippen LogP contribution < -0.4 is 0 Å². The Morgan fingerprint density at radius 2 is 1.41 bits per heavy atom. The van der Waals surface area contributed by atoms with E-state index >= 15 is 0 Å². The third-order valence-corrected chi connectivity index (χ3v) is 6.83. The van der Waals surface area contributed by atoms with Crippen molar-refractivity contribution in [2.45, 2.75) is 22.0 Å². The molecule has 0 fully saturated rings. The number of halogens is 2.